The lowest BCUT2D eigenvalue weighted by Crippen LogP contribution is -2.07. The highest BCUT2D eigenvalue weighted by Crippen LogP contribution is 2.33. The number of benzene rings is 2. The molecule has 0 aliphatic carbocycles. The van der Waals surface area contributed by atoms with Gasteiger partial charge in [-0.05, 0) is 36.2 Å². The Morgan fingerprint density at radius 3 is 2.75 bits per heavy atom. The summed E-state index contributed by atoms with van der Waals surface area (Å²) in [6.07, 6.45) is 1.80. The van der Waals surface area contributed by atoms with Crippen LogP contribution < -0.4 is 0 Å². The van der Waals surface area contributed by atoms with Gasteiger partial charge in [0.1, 0.15) is 5.69 Å². The SMILES string of the molecule is CCOC(=O)c1cc(-c2ccccc2)c2c(ccc3ccnc32)[nH]1. The first-order chi connectivity index (χ1) is 11.8. The van der Waals surface area contributed by atoms with E-state index < -0.39 is 0 Å². The summed E-state index contributed by atoms with van der Waals surface area (Å²) in [5, 5.41) is 2.09. The average molecular weight is 316 g/mol. The van der Waals surface area contributed by atoms with Gasteiger partial charge in [0, 0.05) is 22.5 Å². The number of pyridine rings is 1. The molecule has 4 aromatic rings. The Labute approximate surface area is 139 Å². The van der Waals surface area contributed by atoms with Gasteiger partial charge in [-0.15, -0.1) is 0 Å². The Balaban J connectivity index is 2.07. The molecule has 1 N–H and O–H groups in total. The van der Waals surface area contributed by atoms with E-state index in [0.717, 1.165) is 32.9 Å². The maximum atomic E-state index is 12.2. The van der Waals surface area contributed by atoms with Crippen LogP contribution in [-0.4, -0.2) is 22.5 Å². The van der Waals surface area contributed by atoms with Crippen molar-refractivity contribution < 1.29 is 9.53 Å². The van der Waals surface area contributed by atoms with Crippen molar-refractivity contribution in [3.8, 4) is 11.1 Å². The zero-order valence-corrected chi connectivity index (χ0v) is 13.2. The van der Waals surface area contributed by atoms with E-state index in [0.29, 0.717) is 12.3 Å². The minimum absolute atomic E-state index is 0.342. The predicted molar refractivity (Wildman–Crippen MR) is 95.0 cm³/mol. The molecule has 2 aromatic carbocycles. The number of ether oxygens (including phenoxy) is 1. The molecule has 0 aliphatic rings. The summed E-state index contributed by atoms with van der Waals surface area (Å²) in [7, 11) is 0. The smallest absolute Gasteiger partial charge is 0.354 e. The van der Waals surface area contributed by atoms with Crippen LogP contribution >= 0.6 is 0 Å². The number of hydrogen-bond acceptors (Lipinski definition) is 3. The second kappa shape index (κ2) is 5.81. The van der Waals surface area contributed by atoms with Crippen molar-refractivity contribution in [3.63, 3.8) is 0 Å². The fraction of sp³-hybridized carbons (Fsp3) is 0.100. The number of H-pyrrole nitrogens is 1. The van der Waals surface area contributed by atoms with Crippen LogP contribution in [0.15, 0.2) is 60.8 Å². The number of nitrogens with one attached hydrogen (secondary N) is 1. The molecule has 0 amide bonds. The van der Waals surface area contributed by atoms with Gasteiger partial charge in [-0.1, -0.05) is 36.4 Å². The number of aromatic nitrogens is 2. The largest absolute Gasteiger partial charge is 0.461 e. The summed E-state index contributed by atoms with van der Waals surface area (Å²) < 4.78 is 5.15. The first-order valence-corrected chi connectivity index (χ1v) is 7.91. The van der Waals surface area contributed by atoms with Crippen molar-refractivity contribution in [2.24, 2.45) is 0 Å². The fourth-order valence-corrected chi connectivity index (χ4v) is 3.01. The van der Waals surface area contributed by atoms with Gasteiger partial charge in [0.2, 0.25) is 0 Å². The Kier molecular flexibility index (Phi) is 3.50. The third-order valence-electron chi connectivity index (χ3n) is 4.07. The number of fused-ring (bicyclic) bond motifs is 3. The van der Waals surface area contributed by atoms with E-state index in [4.69, 9.17) is 4.74 Å². The van der Waals surface area contributed by atoms with Gasteiger partial charge in [0.05, 0.1) is 12.1 Å². The molecule has 0 bridgehead atoms. The number of rotatable bonds is 3. The van der Waals surface area contributed by atoms with Crippen LogP contribution in [-0.2, 0) is 4.74 Å². The number of aromatic amines is 1. The van der Waals surface area contributed by atoms with E-state index in [1.165, 1.54) is 0 Å². The van der Waals surface area contributed by atoms with Crippen molar-refractivity contribution in [2.45, 2.75) is 6.92 Å². The first-order valence-electron chi connectivity index (χ1n) is 7.91. The molecule has 0 spiro atoms. The van der Waals surface area contributed by atoms with Crippen molar-refractivity contribution in [1.82, 2.24) is 9.97 Å². The monoisotopic (exact) mass is 316 g/mol. The zero-order valence-electron chi connectivity index (χ0n) is 13.2. The molecule has 2 aromatic heterocycles. The highest BCUT2D eigenvalue weighted by Gasteiger charge is 2.15. The predicted octanol–water partition coefficient (Wildman–Crippen LogP) is 4.56. The average Bonchev–Trinajstić information content (AvgIpc) is 3.10. The summed E-state index contributed by atoms with van der Waals surface area (Å²) in [4.78, 5) is 19.9. The Bertz CT molecular complexity index is 1040. The van der Waals surface area contributed by atoms with Gasteiger partial charge >= 0.3 is 5.97 Å². The number of carbonyl (C=O) groups excluding carboxylic acids is 1. The minimum Gasteiger partial charge on any atom is -0.461 e. The van der Waals surface area contributed by atoms with Crippen LogP contribution in [0.2, 0.25) is 0 Å². The van der Waals surface area contributed by atoms with Crippen molar-refractivity contribution in [2.75, 3.05) is 6.61 Å². The van der Waals surface area contributed by atoms with E-state index in [9.17, 15) is 4.79 Å². The summed E-state index contributed by atoms with van der Waals surface area (Å²) in [6, 6.07) is 17.8. The van der Waals surface area contributed by atoms with Crippen molar-refractivity contribution >= 4 is 27.8 Å². The highest BCUT2D eigenvalue weighted by atomic mass is 16.5. The van der Waals surface area contributed by atoms with Crippen molar-refractivity contribution in [1.29, 1.82) is 0 Å². The topological polar surface area (TPSA) is 55.0 Å². The maximum Gasteiger partial charge on any atom is 0.354 e. The second-order valence-electron chi connectivity index (χ2n) is 5.55. The molecule has 2 heterocycles. The first kappa shape index (κ1) is 14.5. The lowest BCUT2D eigenvalue weighted by Gasteiger charge is -2.11. The van der Waals surface area contributed by atoms with Gasteiger partial charge in [-0.3, -0.25) is 4.98 Å². The van der Waals surface area contributed by atoms with Crippen LogP contribution in [0.5, 0.6) is 0 Å². The molecule has 0 fully saturated rings. The third kappa shape index (κ3) is 2.33. The molecule has 0 radical (unpaired) electrons. The summed E-state index contributed by atoms with van der Waals surface area (Å²) in [6.45, 7) is 2.14. The van der Waals surface area contributed by atoms with Crippen LogP contribution in [0.1, 0.15) is 17.4 Å². The Morgan fingerprint density at radius 1 is 1.12 bits per heavy atom. The summed E-state index contributed by atoms with van der Waals surface area (Å²) in [5.41, 5.74) is 4.24. The Hall–Kier alpha value is -3.14. The lowest BCUT2D eigenvalue weighted by atomic mass is 9.98. The number of nitrogens with zero attached hydrogens (tertiary/aromatic N) is 1. The molecule has 4 heteroatoms. The minimum atomic E-state index is -0.354. The molecule has 24 heavy (non-hydrogen) atoms. The van der Waals surface area contributed by atoms with E-state index >= 15 is 0 Å². The van der Waals surface area contributed by atoms with Gasteiger partial charge in [-0.2, -0.15) is 0 Å². The number of esters is 1. The van der Waals surface area contributed by atoms with Gasteiger partial charge in [0.25, 0.3) is 0 Å². The van der Waals surface area contributed by atoms with E-state index in [2.05, 4.69) is 9.97 Å². The van der Waals surface area contributed by atoms with Gasteiger partial charge in [0.15, 0.2) is 0 Å². The van der Waals surface area contributed by atoms with E-state index in [1.807, 2.05) is 54.6 Å². The van der Waals surface area contributed by atoms with Gasteiger partial charge < -0.3 is 9.72 Å². The fourth-order valence-electron chi connectivity index (χ4n) is 3.01. The normalized spacial score (nSPS) is 11.0. The van der Waals surface area contributed by atoms with Gasteiger partial charge in [-0.25, -0.2) is 4.79 Å². The van der Waals surface area contributed by atoms with Crippen LogP contribution in [0.4, 0.5) is 0 Å². The molecule has 0 saturated heterocycles. The molecular weight excluding hydrogens is 300 g/mol. The van der Waals surface area contributed by atoms with E-state index in [-0.39, 0.29) is 5.97 Å². The van der Waals surface area contributed by atoms with Crippen molar-refractivity contribution in [3.05, 3.63) is 66.5 Å². The quantitative estimate of drug-likeness (QED) is 0.564. The lowest BCUT2D eigenvalue weighted by molar-refractivity contribution is 0.0520. The molecular formula is C20H16N2O2. The molecule has 4 rings (SSSR count). The Morgan fingerprint density at radius 2 is 1.96 bits per heavy atom. The van der Waals surface area contributed by atoms with E-state index in [1.54, 1.807) is 13.1 Å². The summed E-state index contributed by atoms with van der Waals surface area (Å²) in [5.74, 6) is -0.354. The summed E-state index contributed by atoms with van der Waals surface area (Å²) >= 11 is 0. The second-order valence-corrected chi connectivity index (χ2v) is 5.55. The highest BCUT2D eigenvalue weighted by molar-refractivity contribution is 6.12. The molecule has 0 saturated carbocycles. The molecule has 118 valence electrons. The molecule has 4 nitrogen and oxygen atoms in total. The van der Waals surface area contributed by atoms with Crippen LogP contribution in [0, 0.1) is 0 Å². The van der Waals surface area contributed by atoms with Crippen LogP contribution in [0.25, 0.3) is 32.9 Å². The molecule has 0 aliphatic heterocycles. The molecule has 0 unspecified atom stereocenters. The third-order valence-corrected chi connectivity index (χ3v) is 4.07. The zero-order chi connectivity index (χ0) is 16.5. The molecule has 0 atom stereocenters. The number of carbonyl (C=O) groups is 1. The maximum absolute atomic E-state index is 12.2. The number of hydrogen-bond donors (Lipinski definition) is 1. The standard InChI is InChI=1S/C20H16N2O2/c1-2-24-20(23)17-12-15(13-6-4-3-5-7-13)18-16(22-17)9-8-14-10-11-21-19(14)18/h3-12,22H,2H2,1H3. The van der Waals surface area contributed by atoms with Crippen LogP contribution in [0.3, 0.4) is 0 Å².